The van der Waals surface area contributed by atoms with Gasteiger partial charge in [0.25, 0.3) is 0 Å². The monoisotopic (exact) mass is 579 g/mol. The third kappa shape index (κ3) is 15.6. The maximum Gasteiger partial charge on any atom is 0.242 e. The van der Waals surface area contributed by atoms with Crippen LogP contribution in [0.25, 0.3) is 0 Å². The minimum Gasteiger partial charge on any atom is -0.440 e. The molecule has 0 saturated carbocycles. The lowest BCUT2D eigenvalue weighted by molar-refractivity contribution is -0.130. The van der Waals surface area contributed by atoms with Crippen molar-refractivity contribution in [3.05, 3.63) is 90.8 Å². The summed E-state index contributed by atoms with van der Waals surface area (Å²) in [6.45, 7) is 10.8. The van der Waals surface area contributed by atoms with Gasteiger partial charge < -0.3 is 42.3 Å². The molecule has 8 N–H and O–H groups in total. The van der Waals surface area contributed by atoms with E-state index in [-0.39, 0.29) is 24.8 Å². The summed E-state index contributed by atoms with van der Waals surface area (Å²) in [5.41, 5.74) is 18.2. The molecule has 0 aliphatic rings. The summed E-state index contributed by atoms with van der Waals surface area (Å²) < 4.78 is 5.48. The first-order valence-corrected chi connectivity index (χ1v) is 13.7. The SMILES string of the molecule is C=C/C=N\C(=C)Oc1ccc(CNC(=O)C(CCc2ccccc2)NC(=O)C(N)CC=O)cc1.CN(CCN)CCN. The van der Waals surface area contributed by atoms with Crippen LogP contribution in [0.3, 0.4) is 0 Å². The summed E-state index contributed by atoms with van der Waals surface area (Å²) in [5, 5.41) is 5.51. The van der Waals surface area contributed by atoms with E-state index in [0.717, 1.165) is 37.3 Å². The third-order valence-electron chi connectivity index (χ3n) is 5.86. The number of ether oxygens (including phenoxy) is 1. The largest absolute Gasteiger partial charge is 0.440 e. The molecule has 0 radical (unpaired) electrons. The van der Waals surface area contributed by atoms with Gasteiger partial charge >= 0.3 is 0 Å². The average Bonchev–Trinajstić information content (AvgIpc) is 2.98. The van der Waals surface area contributed by atoms with Crippen molar-refractivity contribution < 1.29 is 19.1 Å². The lowest BCUT2D eigenvalue weighted by atomic mass is 10.0. The number of carbonyl (C=O) groups is 3. The predicted molar refractivity (Wildman–Crippen MR) is 168 cm³/mol. The topological polar surface area (TPSA) is 178 Å². The Hall–Kier alpha value is -4.16. The van der Waals surface area contributed by atoms with E-state index < -0.39 is 18.0 Å². The lowest BCUT2D eigenvalue weighted by Gasteiger charge is -2.20. The Kier molecular flexibility index (Phi) is 18.4. The van der Waals surface area contributed by atoms with Crippen molar-refractivity contribution in [1.82, 2.24) is 15.5 Å². The maximum absolute atomic E-state index is 12.9. The number of hydrogen-bond acceptors (Lipinski definition) is 9. The first-order valence-electron chi connectivity index (χ1n) is 13.7. The van der Waals surface area contributed by atoms with E-state index in [2.05, 4.69) is 33.7 Å². The van der Waals surface area contributed by atoms with Crippen molar-refractivity contribution >= 4 is 24.3 Å². The lowest BCUT2D eigenvalue weighted by Crippen LogP contribution is -2.51. The van der Waals surface area contributed by atoms with Crippen LogP contribution in [-0.4, -0.2) is 74.5 Å². The zero-order chi connectivity index (χ0) is 31.2. The molecule has 0 spiro atoms. The molecule has 0 fully saturated rings. The highest BCUT2D eigenvalue weighted by atomic mass is 16.5. The van der Waals surface area contributed by atoms with Gasteiger partial charge in [-0.3, -0.25) is 9.59 Å². The molecular formula is C31H45N7O4. The first kappa shape index (κ1) is 35.9. The summed E-state index contributed by atoms with van der Waals surface area (Å²) in [6.07, 6.45) is 4.44. The van der Waals surface area contributed by atoms with Crippen LogP contribution in [-0.2, 0) is 27.3 Å². The van der Waals surface area contributed by atoms with Crippen LogP contribution < -0.4 is 32.6 Å². The number of nitrogens with two attached hydrogens (primary N) is 3. The van der Waals surface area contributed by atoms with Gasteiger partial charge in [-0.2, -0.15) is 0 Å². The highest BCUT2D eigenvalue weighted by Crippen LogP contribution is 2.15. The molecule has 42 heavy (non-hydrogen) atoms. The minimum absolute atomic E-state index is 0.112. The first-order chi connectivity index (χ1) is 20.2. The number of hydrogen-bond donors (Lipinski definition) is 5. The number of benzene rings is 2. The van der Waals surface area contributed by atoms with Crippen LogP contribution in [0.5, 0.6) is 5.75 Å². The molecule has 0 aromatic heterocycles. The predicted octanol–water partition coefficient (Wildman–Crippen LogP) is 1.28. The smallest absolute Gasteiger partial charge is 0.242 e. The van der Waals surface area contributed by atoms with E-state index in [1.54, 1.807) is 24.3 Å². The molecule has 2 rings (SSSR count). The van der Waals surface area contributed by atoms with Gasteiger partial charge in [-0.15, -0.1) is 0 Å². The molecule has 0 heterocycles. The Balaban J connectivity index is 0.000000962. The van der Waals surface area contributed by atoms with Gasteiger partial charge in [0.2, 0.25) is 17.7 Å². The van der Waals surface area contributed by atoms with Crippen molar-refractivity contribution in [2.75, 3.05) is 33.2 Å². The summed E-state index contributed by atoms with van der Waals surface area (Å²) in [4.78, 5) is 41.9. The molecule has 2 amide bonds. The van der Waals surface area contributed by atoms with Crippen LogP contribution in [0.2, 0.25) is 0 Å². The second-order valence-corrected chi connectivity index (χ2v) is 9.35. The van der Waals surface area contributed by atoms with E-state index in [1.807, 2.05) is 37.4 Å². The number of rotatable bonds is 18. The molecule has 11 nitrogen and oxygen atoms in total. The van der Waals surface area contributed by atoms with Crippen LogP contribution in [0.4, 0.5) is 0 Å². The van der Waals surface area contributed by atoms with E-state index in [1.165, 1.54) is 12.3 Å². The van der Waals surface area contributed by atoms with Crippen LogP contribution in [0.15, 0.2) is 84.7 Å². The fourth-order valence-corrected chi connectivity index (χ4v) is 3.55. The van der Waals surface area contributed by atoms with Crippen LogP contribution in [0, 0.1) is 0 Å². The molecule has 0 bridgehead atoms. The molecule has 2 atom stereocenters. The van der Waals surface area contributed by atoms with Gasteiger partial charge in [0.15, 0.2) is 0 Å². The Morgan fingerprint density at radius 1 is 1.02 bits per heavy atom. The van der Waals surface area contributed by atoms with Crippen molar-refractivity contribution in [3.63, 3.8) is 0 Å². The summed E-state index contributed by atoms with van der Waals surface area (Å²) in [6, 6.07) is 14.9. The third-order valence-corrected chi connectivity index (χ3v) is 5.86. The summed E-state index contributed by atoms with van der Waals surface area (Å²) in [5.74, 6) is -0.0969. The fourth-order valence-electron chi connectivity index (χ4n) is 3.55. The van der Waals surface area contributed by atoms with Gasteiger partial charge in [-0.1, -0.05) is 55.1 Å². The van der Waals surface area contributed by atoms with Crippen LogP contribution >= 0.6 is 0 Å². The van der Waals surface area contributed by atoms with E-state index >= 15 is 0 Å². The van der Waals surface area contributed by atoms with Gasteiger partial charge in [-0.05, 0) is 49.7 Å². The fraction of sp³-hybridized carbons (Fsp3) is 0.355. The second kappa shape index (κ2) is 21.6. The number of allylic oxidation sites excluding steroid dienone is 1. The van der Waals surface area contributed by atoms with E-state index in [4.69, 9.17) is 21.9 Å². The number of nitrogens with one attached hydrogen (secondary N) is 2. The van der Waals surface area contributed by atoms with Crippen molar-refractivity contribution in [2.24, 2.45) is 22.2 Å². The van der Waals surface area contributed by atoms with E-state index in [0.29, 0.717) is 24.9 Å². The molecule has 2 aromatic carbocycles. The quantitative estimate of drug-likeness (QED) is 0.0996. The van der Waals surface area contributed by atoms with Gasteiger partial charge in [-0.25, -0.2) is 4.99 Å². The number of aryl methyl sites for hydroxylation is 1. The number of carbonyl (C=O) groups excluding carboxylic acids is 3. The highest BCUT2D eigenvalue weighted by molar-refractivity contribution is 5.90. The molecule has 2 aromatic rings. The number of aliphatic imine (C=N–C) groups is 1. The second-order valence-electron chi connectivity index (χ2n) is 9.35. The number of nitrogens with zero attached hydrogens (tertiary/aromatic N) is 2. The zero-order valence-corrected chi connectivity index (χ0v) is 24.4. The van der Waals surface area contributed by atoms with Gasteiger partial charge in [0.05, 0.1) is 6.04 Å². The number of aldehydes is 1. The van der Waals surface area contributed by atoms with Crippen molar-refractivity contribution in [2.45, 2.75) is 37.9 Å². The standard InChI is InChI=1S/C26H30N4O4.C5H15N3/c1-3-16-28-19(2)34-22-12-9-21(10-13-22)18-29-26(33)24(30-25(32)23(27)15-17-31)14-11-20-7-5-4-6-8-20;1-8(4-2-6)5-3-7/h3-10,12-13,16-17,23-24H,1-2,11,14-15,18,27H2,(H,29,33)(H,30,32);2-7H2,1H3/b28-16-;. The molecule has 0 aliphatic heterocycles. The summed E-state index contributed by atoms with van der Waals surface area (Å²) >= 11 is 0. The zero-order valence-electron chi connectivity index (χ0n) is 24.4. The Morgan fingerprint density at radius 2 is 1.67 bits per heavy atom. The average molecular weight is 580 g/mol. The van der Waals surface area contributed by atoms with Gasteiger partial charge in [0, 0.05) is 45.4 Å². The Labute approximate surface area is 248 Å². The molecule has 11 heteroatoms. The molecule has 2 unspecified atom stereocenters. The maximum atomic E-state index is 12.9. The Bertz CT molecular complexity index is 1120. The molecular weight excluding hydrogens is 534 g/mol. The molecule has 228 valence electrons. The number of amides is 2. The minimum atomic E-state index is -0.998. The van der Waals surface area contributed by atoms with Crippen LogP contribution in [0.1, 0.15) is 24.0 Å². The van der Waals surface area contributed by atoms with Crippen molar-refractivity contribution in [3.8, 4) is 5.75 Å². The van der Waals surface area contributed by atoms with E-state index in [9.17, 15) is 14.4 Å². The highest BCUT2D eigenvalue weighted by Gasteiger charge is 2.23. The Morgan fingerprint density at radius 3 is 2.24 bits per heavy atom. The summed E-state index contributed by atoms with van der Waals surface area (Å²) in [7, 11) is 2.01. The number of likely N-dealkylation sites (N-methyl/N-ethyl adjacent to an activating group) is 1. The molecule has 0 saturated heterocycles. The normalized spacial score (nSPS) is 12.0. The van der Waals surface area contributed by atoms with Gasteiger partial charge in [0.1, 0.15) is 18.1 Å². The molecule has 0 aliphatic carbocycles. The van der Waals surface area contributed by atoms with Crippen molar-refractivity contribution in [1.29, 1.82) is 0 Å².